The Balaban J connectivity index is 1.75. The van der Waals surface area contributed by atoms with Gasteiger partial charge in [-0.1, -0.05) is 34.0 Å². The maximum Gasteiger partial charge on any atom is 0.320 e. The number of anilines is 2. The summed E-state index contributed by atoms with van der Waals surface area (Å²) in [6.45, 7) is 0. The molecule has 0 spiro atoms. The molecule has 1 aromatic heterocycles. The second kappa shape index (κ2) is 6.28. The van der Waals surface area contributed by atoms with Crippen molar-refractivity contribution in [2.24, 2.45) is 5.16 Å². The van der Waals surface area contributed by atoms with Crippen LogP contribution in [0.2, 0.25) is 5.02 Å². The fraction of sp³-hybridized carbons (Fsp3) is 0. The summed E-state index contributed by atoms with van der Waals surface area (Å²) >= 11 is 5.84. The van der Waals surface area contributed by atoms with E-state index in [0.717, 1.165) is 16.8 Å². The molecule has 0 aliphatic heterocycles. The summed E-state index contributed by atoms with van der Waals surface area (Å²) < 4.78 is 5.55. The van der Waals surface area contributed by atoms with Gasteiger partial charge in [-0.15, -0.1) is 5.10 Å². The van der Waals surface area contributed by atoms with Crippen LogP contribution in [0.5, 0.6) is 0 Å². The van der Waals surface area contributed by atoms with Crippen LogP contribution in [0.1, 0.15) is 5.56 Å². The Bertz CT molecular complexity index is 782. The molecule has 3 aromatic rings. The second-order valence-electron chi connectivity index (χ2n) is 4.41. The van der Waals surface area contributed by atoms with Gasteiger partial charge in [0, 0.05) is 16.3 Å². The fourth-order valence-electron chi connectivity index (χ4n) is 1.83. The molecule has 2 N–H and O–H groups in total. The van der Waals surface area contributed by atoms with Gasteiger partial charge in [0.1, 0.15) is 0 Å². The summed E-state index contributed by atoms with van der Waals surface area (Å²) in [6.07, 6.45) is 1.34. The molecule has 0 aliphatic carbocycles. The van der Waals surface area contributed by atoms with Crippen molar-refractivity contribution in [2.45, 2.75) is 0 Å². The Labute approximate surface area is 131 Å². The minimum absolute atomic E-state index is 0.286. The monoisotopic (exact) mass is 314 g/mol. The highest BCUT2D eigenvalue weighted by Crippen LogP contribution is 2.23. The topological polar surface area (TPSA) is 83.5 Å². The average molecular weight is 315 g/mol. The molecule has 0 unspecified atom stereocenters. The Kier molecular flexibility index (Phi) is 4.02. The lowest BCUT2D eigenvalue weighted by molar-refractivity contribution is 0.322. The van der Waals surface area contributed by atoms with Crippen molar-refractivity contribution >= 4 is 29.5 Å². The summed E-state index contributed by atoms with van der Waals surface area (Å²) in [6, 6.07) is 14.6. The Morgan fingerprint density at radius 1 is 1.05 bits per heavy atom. The van der Waals surface area contributed by atoms with E-state index in [1.165, 1.54) is 6.21 Å². The quantitative estimate of drug-likeness (QED) is 0.433. The molecular formula is C15H11ClN4O2. The minimum atomic E-state index is 0.286. The third-order valence-electron chi connectivity index (χ3n) is 2.88. The predicted octanol–water partition coefficient (Wildman–Crippen LogP) is 3.94. The third kappa shape index (κ3) is 3.24. The number of benzene rings is 2. The lowest BCUT2D eigenvalue weighted by Crippen LogP contribution is -1.90. The normalized spacial score (nSPS) is 11.0. The standard InChI is InChI=1S/C15H11ClN4O2/c16-12-5-3-11(4-6-12)14-19-20-15(22-14)18-13-7-1-10(2-8-13)9-17-21/h1-9,21H,(H,18,20)/b17-9+. The van der Waals surface area contributed by atoms with Crippen molar-refractivity contribution in [1.82, 2.24) is 10.2 Å². The van der Waals surface area contributed by atoms with Crippen LogP contribution in [0.15, 0.2) is 58.1 Å². The van der Waals surface area contributed by atoms with Crippen LogP contribution in [0.25, 0.3) is 11.5 Å². The van der Waals surface area contributed by atoms with Gasteiger partial charge in [0.2, 0.25) is 5.89 Å². The lowest BCUT2D eigenvalue weighted by atomic mass is 10.2. The summed E-state index contributed by atoms with van der Waals surface area (Å²) in [4.78, 5) is 0. The number of hydrogen-bond acceptors (Lipinski definition) is 6. The molecule has 0 saturated carbocycles. The van der Waals surface area contributed by atoms with E-state index in [-0.39, 0.29) is 6.01 Å². The van der Waals surface area contributed by atoms with Gasteiger partial charge in [-0.2, -0.15) is 0 Å². The van der Waals surface area contributed by atoms with Crippen LogP contribution < -0.4 is 5.32 Å². The summed E-state index contributed by atoms with van der Waals surface area (Å²) in [5, 5.41) is 23.0. The zero-order valence-corrected chi connectivity index (χ0v) is 12.0. The van der Waals surface area contributed by atoms with Crippen molar-refractivity contribution in [3.05, 3.63) is 59.1 Å². The molecule has 3 rings (SSSR count). The van der Waals surface area contributed by atoms with E-state index < -0.39 is 0 Å². The first-order valence-corrected chi connectivity index (χ1v) is 6.76. The summed E-state index contributed by atoms with van der Waals surface area (Å²) in [7, 11) is 0. The molecule has 0 radical (unpaired) electrons. The number of aromatic nitrogens is 2. The lowest BCUT2D eigenvalue weighted by Gasteiger charge is -2.01. The van der Waals surface area contributed by atoms with Crippen molar-refractivity contribution in [3.8, 4) is 11.5 Å². The smallest absolute Gasteiger partial charge is 0.320 e. The molecule has 0 bridgehead atoms. The molecule has 2 aromatic carbocycles. The molecule has 0 atom stereocenters. The molecule has 6 nitrogen and oxygen atoms in total. The first-order chi connectivity index (χ1) is 10.7. The third-order valence-corrected chi connectivity index (χ3v) is 3.14. The highest BCUT2D eigenvalue weighted by Gasteiger charge is 2.08. The largest absolute Gasteiger partial charge is 0.411 e. The van der Waals surface area contributed by atoms with E-state index in [1.54, 1.807) is 24.3 Å². The Hall–Kier alpha value is -2.86. The van der Waals surface area contributed by atoms with Gasteiger partial charge < -0.3 is 14.9 Å². The molecule has 22 heavy (non-hydrogen) atoms. The summed E-state index contributed by atoms with van der Waals surface area (Å²) in [5.74, 6) is 0.406. The number of oxime groups is 1. The molecule has 7 heteroatoms. The van der Waals surface area contributed by atoms with Gasteiger partial charge in [0.15, 0.2) is 0 Å². The van der Waals surface area contributed by atoms with Crippen LogP contribution in [0, 0.1) is 0 Å². The van der Waals surface area contributed by atoms with Gasteiger partial charge >= 0.3 is 6.01 Å². The fourth-order valence-corrected chi connectivity index (χ4v) is 1.95. The average Bonchev–Trinajstić information content (AvgIpc) is 2.99. The van der Waals surface area contributed by atoms with Crippen LogP contribution >= 0.6 is 11.6 Å². The molecule has 0 saturated heterocycles. The van der Waals surface area contributed by atoms with Crippen LogP contribution in [0.3, 0.4) is 0 Å². The van der Waals surface area contributed by atoms with Gasteiger partial charge in [-0.05, 0) is 42.0 Å². The van der Waals surface area contributed by atoms with Gasteiger partial charge in [-0.25, -0.2) is 0 Å². The summed E-state index contributed by atoms with van der Waals surface area (Å²) in [5.41, 5.74) is 2.35. The van der Waals surface area contributed by atoms with Crippen LogP contribution in [-0.2, 0) is 0 Å². The van der Waals surface area contributed by atoms with Crippen LogP contribution in [-0.4, -0.2) is 21.6 Å². The van der Waals surface area contributed by atoms with Crippen molar-refractivity contribution < 1.29 is 9.62 Å². The highest BCUT2D eigenvalue weighted by molar-refractivity contribution is 6.30. The van der Waals surface area contributed by atoms with Gasteiger partial charge in [-0.3, -0.25) is 0 Å². The van der Waals surface area contributed by atoms with Crippen molar-refractivity contribution in [2.75, 3.05) is 5.32 Å². The van der Waals surface area contributed by atoms with E-state index in [9.17, 15) is 0 Å². The Morgan fingerprint density at radius 2 is 1.77 bits per heavy atom. The molecule has 1 heterocycles. The maximum atomic E-state index is 8.46. The molecular weight excluding hydrogens is 304 g/mol. The number of hydrogen-bond donors (Lipinski definition) is 2. The number of nitrogens with one attached hydrogen (secondary N) is 1. The molecule has 0 aliphatic rings. The molecule has 0 fully saturated rings. The number of nitrogens with zero attached hydrogens (tertiary/aromatic N) is 3. The number of halogens is 1. The molecule has 110 valence electrons. The maximum absolute atomic E-state index is 8.46. The zero-order valence-electron chi connectivity index (χ0n) is 11.3. The van der Waals surface area contributed by atoms with Crippen LogP contribution in [0.4, 0.5) is 11.7 Å². The van der Waals surface area contributed by atoms with Crippen molar-refractivity contribution in [1.29, 1.82) is 0 Å². The SMILES string of the molecule is O/N=C/c1ccc(Nc2nnc(-c3ccc(Cl)cc3)o2)cc1. The van der Waals surface area contributed by atoms with Gasteiger partial charge in [0.05, 0.1) is 6.21 Å². The van der Waals surface area contributed by atoms with E-state index in [0.29, 0.717) is 10.9 Å². The Morgan fingerprint density at radius 3 is 2.45 bits per heavy atom. The van der Waals surface area contributed by atoms with E-state index >= 15 is 0 Å². The van der Waals surface area contributed by atoms with Gasteiger partial charge in [0.25, 0.3) is 0 Å². The zero-order chi connectivity index (χ0) is 15.4. The minimum Gasteiger partial charge on any atom is -0.411 e. The first kappa shape index (κ1) is 14.1. The van der Waals surface area contributed by atoms with E-state index in [1.807, 2.05) is 24.3 Å². The van der Waals surface area contributed by atoms with E-state index in [4.69, 9.17) is 21.2 Å². The predicted molar refractivity (Wildman–Crippen MR) is 83.8 cm³/mol. The first-order valence-electron chi connectivity index (χ1n) is 6.38. The van der Waals surface area contributed by atoms with Crippen molar-refractivity contribution in [3.63, 3.8) is 0 Å². The molecule has 0 amide bonds. The van der Waals surface area contributed by atoms with E-state index in [2.05, 4.69) is 20.7 Å². The second-order valence-corrected chi connectivity index (χ2v) is 4.85. The number of rotatable bonds is 4. The highest BCUT2D eigenvalue weighted by atomic mass is 35.5.